The van der Waals surface area contributed by atoms with Crippen molar-refractivity contribution in [3.8, 4) is 0 Å². The van der Waals surface area contributed by atoms with E-state index in [0.717, 1.165) is 10.9 Å². The van der Waals surface area contributed by atoms with Crippen molar-refractivity contribution in [1.82, 2.24) is 4.90 Å². The van der Waals surface area contributed by atoms with E-state index in [1.54, 1.807) is 11.8 Å². The molecule has 0 saturated heterocycles. The van der Waals surface area contributed by atoms with Gasteiger partial charge in [-0.1, -0.05) is 57.5 Å². The molecule has 4 rings (SSSR count). The number of benzene rings is 1. The molecule has 1 aromatic rings. The van der Waals surface area contributed by atoms with Crippen molar-refractivity contribution >= 4 is 34.2 Å². The van der Waals surface area contributed by atoms with Gasteiger partial charge in [-0.3, -0.25) is 9.79 Å². The van der Waals surface area contributed by atoms with Crippen molar-refractivity contribution in [2.24, 2.45) is 10.4 Å². The van der Waals surface area contributed by atoms with Crippen molar-refractivity contribution in [2.45, 2.75) is 58.5 Å². The second-order valence-corrected chi connectivity index (χ2v) is 8.94. The molecule has 0 spiro atoms. The van der Waals surface area contributed by atoms with Crippen LogP contribution in [0.1, 0.15) is 52.0 Å². The normalized spacial score (nSPS) is 25.2. The Hall–Kier alpha value is -1.75. The first-order chi connectivity index (χ1) is 11.9. The Morgan fingerprint density at radius 1 is 1.20 bits per heavy atom. The molecule has 1 aromatic carbocycles. The van der Waals surface area contributed by atoms with E-state index in [2.05, 4.69) is 27.8 Å². The zero-order valence-electron chi connectivity index (χ0n) is 15.1. The maximum Gasteiger partial charge on any atom is 0.229 e. The number of carbonyl (C=O) groups excluding carboxylic acids is 1. The number of hydrogen-bond acceptors (Lipinski definition) is 4. The highest BCUT2D eigenvalue weighted by molar-refractivity contribution is 8.16. The van der Waals surface area contributed by atoms with E-state index in [9.17, 15) is 4.79 Å². The summed E-state index contributed by atoms with van der Waals surface area (Å²) in [5.74, 6) is 0.0369. The number of anilines is 1. The van der Waals surface area contributed by atoms with Gasteiger partial charge in [0.05, 0.1) is 17.8 Å². The highest BCUT2D eigenvalue weighted by atomic mass is 32.2. The SMILES string of the molecule is CC(C)(C)C(=O)Nc1ccc(C2=CSC3=N[C@H]4CCCC[C@@H]4N23)cc1. The fourth-order valence-electron chi connectivity index (χ4n) is 3.67. The zero-order valence-corrected chi connectivity index (χ0v) is 15.9. The minimum absolute atomic E-state index is 0.0369. The lowest BCUT2D eigenvalue weighted by molar-refractivity contribution is -0.123. The average Bonchev–Trinajstić information content (AvgIpc) is 3.14. The van der Waals surface area contributed by atoms with E-state index in [0.29, 0.717) is 12.1 Å². The van der Waals surface area contributed by atoms with Gasteiger partial charge in [0.2, 0.25) is 5.91 Å². The number of rotatable bonds is 2. The summed E-state index contributed by atoms with van der Waals surface area (Å²) in [6.45, 7) is 5.77. The topological polar surface area (TPSA) is 44.7 Å². The molecule has 5 heteroatoms. The fraction of sp³-hybridized carbons (Fsp3) is 0.500. The third-order valence-electron chi connectivity index (χ3n) is 5.16. The molecule has 0 radical (unpaired) electrons. The molecule has 25 heavy (non-hydrogen) atoms. The Morgan fingerprint density at radius 2 is 1.92 bits per heavy atom. The van der Waals surface area contributed by atoms with Gasteiger partial charge in [-0.25, -0.2) is 0 Å². The van der Waals surface area contributed by atoms with E-state index < -0.39 is 0 Å². The quantitative estimate of drug-likeness (QED) is 0.836. The molecule has 0 bridgehead atoms. The number of aliphatic imine (C=N–C) groups is 1. The third kappa shape index (κ3) is 3.10. The summed E-state index contributed by atoms with van der Waals surface area (Å²) >= 11 is 1.74. The smallest absolute Gasteiger partial charge is 0.229 e. The van der Waals surface area contributed by atoms with Crippen LogP contribution in [0.2, 0.25) is 0 Å². The van der Waals surface area contributed by atoms with Crippen LogP contribution in [-0.2, 0) is 4.79 Å². The Kier molecular flexibility index (Phi) is 4.14. The van der Waals surface area contributed by atoms with Gasteiger partial charge in [-0.15, -0.1) is 0 Å². The van der Waals surface area contributed by atoms with Crippen molar-refractivity contribution < 1.29 is 4.79 Å². The molecule has 2 heterocycles. The molecule has 4 nitrogen and oxygen atoms in total. The predicted octanol–water partition coefficient (Wildman–Crippen LogP) is 4.70. The molecule has 0 unspecified atom stereocenters. The maximum atomic E-state index is 12.1. The predicted molar refractivity (Wildman–Crippen MR) is 105 cm³/mol. The summed E-state index contributed by atoms with van der Waals surface area (Å²) in [6.07, 6.45) is 5.05. The van der Waals surface area contributed by atoms with Crippen molar-refractivity contribution in [2.75, 3.05) is 5.32 Å². The molecule has 1 amide bonds. The summed E-state index contributed by atoms with van der Waals surface area (Å²) in [4.78, 5) is 19.5. The van der Waals surface area contributed by atoms with Gasteiger partial charge in [0.1, 0.15) is 0 Å². The molecular weight excluding hydrogens is 330 g/mol. The zero-order chi connectivity index (χ0) is 17.6. The van der Waals surface area contributed by atoms with Crippen LogP contribution in [0.3, 0.4) is 0 Å². The Morgan fingerprint density at radius 3 is 2.64 bits per heavy atom. The fourth-order valence-corrected chi connectivity index (χ4v) is 4.68. The van der Waals surface area contributed by atoms with E-state index >= 15 is 0 Å². The van der Waals surface area contributed by atoms with Crippen molar-refractivity contribution in [1.29, 1.82) is 0 Å². The lowest BCUT2D eigenvalue weighted by Gasteiger charge is -2.32. The summed E-state index contributed by atoms with van der Waals surface area (Å²) < 4.78 is 0. The molecule has 132 valence electrons. The average molecular weight is 356 g/mol. The van der Waals surface area contributed by atoms with E-state index in [1.807, 2.05) is 32.9 Å². The van der Waals surface area contributed by atoms with Crippen LogP contribution in [0.4, 0.5) is 5.69 Å². The number of fused-ring (bicyclic) bond motifs is 3. The van der Waals surface area contributed by atoms with Gasteiger partial charge >= 0.3 is 0 Å². The Bertz CT molecular complexity index is 745. The number of carbonyl (C=O) groups is 1. The lowest BCUT2D eigenvalue weighted by atomic mass is 9.90. The monoisotopic (exact) mass is 355 g/mol. The second kappa shape index (κ2) is 6.20. The maximum absolute atomic E-state index is 12.1. The first-order valence-corrected chi connectivity index (χ1v) is 9.97. The second-order valence-electron chi connectivity index (χ2n) is 8.10. The van der Waals surface area contributed by atoms with Crippen LogP contribution in [0.5, 0.6) is 0 Å². The number of amides is 1. The van der Waals surface area contributed by atoms with Crippen LogP contribution in [0, 0.1) is 5.41 Å². The van der Waals surface area contributed by atoms with Gasteiger partial charge in [0.25, 0.3) is 0 Å². The van der Waals surface area contributed by atoms with Gasteiger partial charge in [-0.2, -0.15) is 0 Å². The minimum Gasteiger partial charge on any atom is -0.326 e. The number of nitrogens with one attached hydrogen (secondary N) is 1. The molecular formula is C20H25N3OS. The summed E-state index contributed by atoms with van der Waals surface area (Å²) in [6, 6.07) is 9.20. The molecule has 1 N–H and O–H groups in total. The number of thioether (sulfide) groups is 1. The van der Waals surface area contributed by atoms with E-state index in [-0.39, 0.29) is 11.3 Å². The van der Waals surface area contributed by atoms with Crippen molar-refractivity contribution in [3.05, 3.63) is 35.2 Å². The number of nitrogens with zero attached hydrogens (tertiary/aromatic N) is 2. The molecule has 2 aliphatic heterocycles. The highest BCUT2D eigenvalue weighted by Crippen LogP contribution is 2.44. The van der Waals surface area contributed by atoms with Crippen LogP contribution < -0.4 is 5.32 Å². The minimum atomic E-state index is -0.389. The van der Waals surface area contributed by atoms with Gasteiger partial charge in [-0.05, 0) is 30.5 Å². The number of hydrogen-bond donors (Lipinski definition) is 1. The summed E-state index contributed by atoms with van der Waals surface area (Å²) in [5.41, 5.74) is 2.91. The standard InChI is InChI=1S/C20H25N3OS/c1-20(2,3)18(24)21-14-10-8-13(9-11-14)17-12-25-19-22-15-6-4-5-7-16(15)23(17)19/h8-12,15-16H,4-7H2,1-3H3,(H,21,24)/t15-,16-/m0/s1. The first-order valence-electron chi connectivity index (χ1n) is 9.09. The molecule has 1 saturated carbocycles. The molecule has 1 aliphatic carbocycles. The van der Waals surface area contributed by atoms with Crippen LogP contribution in [0.25, 0.3) is 5.70 Å². The van der Waals surface area contributed by atoms with Crippen LogP contribution in [0.15, 0.2) is 34.7 Å². The molecule has 1 fully saturated rings. The van der Waals surface area contributed by atoms with Gasteiger partial charge in [0, 0.05) is 16.5 Å². The highest BCUT2D eigenvalue weighted by Gasteiger charge is 2.42. The number of amidine groups is 1. The Balaban J connectivity index is 1.51. The molecule has 0 aromatic heterocycles. The van der Waals surface area contributed by atoms with E-state index in [1.165, 1.54) is 36.9 Å². The van der Waals surface area contributed by atoms with Gasteiger partial charge in [0.15, 0.2) is 5.17 Å². The third-order valence-corrected chi connectivity index (χ3v) is 6.02. The first kappa shape index (κ1) is 16.7. The largest absolute Gasteiger partial charge is 0.326 e. The molecule has 3 aliphatic rings. The van der Waals surface area contributed by atoms with Crippen LogP contribution in [-0.4, -0.2) is 28.1 Å². The Labute approximate surface area is 153 Å². The van der Waals surface area contributed by atoms with Crippen LogP contribution >= 0.6 is 11.8 Å². The van der Waals surface area contributed by atoms with Gasteiger partial charge < -0.3 is 10.2 Å². The summed E-state index contributed by atoms with van der Waals surface area (Å²) in [7, 11) is 0. The van der Waals surface area contributed by atoms with E-state index in [4.69, 9.17) is 4.99 Å². The summed E-state index contributed by atoms with van der Waals surface area (Å²) in [5, 5.41) is 6.37. The van der Waals surface area contributed by atoms with Crippen molar-refractivity contribution in [3.63, 3.8) is 0 Å². The molecule has 2 atom stereocenters. The lowest BCUT2D eigenvalue weighted by Crippen LogP contribution is -2.38.